The third-order valence-electron chi connectivity index (χ3n) is 3.27. The number of rotatable bonds is 3. The average Bonchev–Trinajstić information content (AvgIpc) is 2.78. The van der Waals surface area contributed by atoms with Crippen molar-refractivity contribution in [3.63, 3.8) is 0 Å². The molecule has 0 fully saturated rings. The molecule has 0 aliphatic rings. The Morgan fingerprint density at radius 3 is 2.52 bits per heavy atom. The van der Waals surface area contributed by atoms with E-state index in [0.29, 0.717) is 5.56 Å². The molecule has 0 bridgehead atoms. The van der Waals surface area contributed by atoms with Crippen molar-refractivity contribution in [3.05, 3.63) is 63.6 Å². The van der Waals surface area contributed by atoms with Gasteiger partial charge in [-0.1, -0.05) is 12.1 Å². The third kappa shape index (κ3) is 3.27. The van der Waals surface area contributed by atoms with Crippen molar-refractivity contribution in [2.75, 3.05) is 0 Å². The van der Waals surface area contributed by atoms with Crippen LogP contribution in [0.25, 0.3) is 11.0 Å². The summed E-state index contributed by atoms with van der Waals surface area (Å²) in [6, 6.07) is 7.97. The van der Waals surface area contributed by atoms with E-state index in [1.165, 1.54) is 18.2 Å². The lowest BCUT2D eigenvalue weighted by atomic mass is 10.0. The fourth-order valence-corrected chi connectivity index (χ4v) is 3.91. The predicted octanol–water partition coefficient (Wildman–Crippen LogP) is 4.99. The number of benzene rings is 2. The van der Waals surface area contributed by atoms with Gasteiger partial charge in [-0.2, -0.15) is 0 Å². The highest BCUT2D eigenvalue weighted by Crippen LogP contribution is 2.37. The fourth-order valence-electron chi connectivity index (χ4n) is 2.37. The van der Waals surface area contributed by atoms with Crippen LogP contribution in [0.4, 0.5) is 8.78 Å². The molecule has 1 aromatic heterocycles. The van der Waals surface area contributed by atoms with E-state index in [1.807, 2.05) is 0 Å². The van der Waals surface area contributed by atoms with Gasteiger partial charge < -0.3 is 4.42 Å². The van der Waals surface area contributed by atoms with Crippen LogP contribution >= 0.6 is 26.6 Å². The van der Waals surface area contributed by atoms with Crippen molar-refractivity contribution >= 4 is 46.6 Å². The topological polar surface area (TPSA) is 47.3 Å². The first-order valence-electron chi connectivity index (χ1n) is 6.35. The number of furan rings is 1. The number of hydrogen-bond donors (Lipinski definition) is 0. The summed E-state index contributed by atoms with van der Waals surface area (Å²) in [5, 5.41) is -0.204. The summed E-state index contributed by atoms with van der Waals surface area (Å²) in [4.78, 5) is 0. The molecule has 0 N–H and O–H groups in total. The molecule has 1 heterocycles. The Labute approximate surface area is 143 Å². The Hall–Kier alpha value is -1.44. The zero-order valence-corrected chi connectivity index (χ0v) is 14.5. The zero-order valence-electron chi connectivity index (χ0n) is 11.3. The monoisotopic (exact) mass is 420 g/mol. The van der Waals surface area contributed by atoms with Crippen molar-refractivity contribution in [1.29, 1.82) is 0 Å². The highest BCUT2D eigenvalue weighted by atomic mass is 79.9. The molecule has 23 heavy (non-hydrogen) atoms. The Bertz CT molecular complexity index is 1010. The maximum atomic E-state index is 13.7. The Kier molecular flexibility index (Phi) is 4.20. The molecule has 0 atom stereocenters. The Balaban J connectivity index is 2.28. The normalized spacial score (nSPS) is 12.0. The van der Waals surface area contributed by atoms with Gasteiger partial charge in [-0.3, -0.25) is 0 Å². The zero-order chi connectivity index (χ0) is 16.8. The second-order valence-corrected chi connectivity index (χ2v) is 8.20. The first-order valence-corrected chi connectivity index (χ1v) is 9.45. The minimum atomic E-state index is -4.19. The van der Waals surface area contributed by atoms with Gasteiger partial charge in [0.1, 0.15) is 11.6 Å². The van der Waals surface area contributed by atoms with E-state index < -0.39 is 25.8 Å². The quantitative estimate of drug-likeness (QED) is 0.560. The van der Waals surface area contributed by atoms with Crippen molar-refractivity contribution < 1.29 is 21.6 Å². The van der Waals surface area contributed by atoms with E-state index in [0.717, 1.165) is 12.1 Å². The molecule has 0 aliphatic carbocycles. The summed E-state index contributed by atoms with van der Waals surface area (Å²) in [7, 11) is 1.23. The van der Waals surface area contributed by atoms with E-state index in [1.54, 1.807) is 6.07 Å². The highest BCUT2D eigenvalue weighted by Gasteiger charge is 2.26. The smallest absolute Gasteiger partial charge is 0.294 e. The summed E-state index contributed by atoms with van der Waals surface area (Å²) >= 11 is 3.13. The molecule has 3 nitrogen and oxygen atoms in total. The van der Waals surface area contributed by atoms with E-state index >= 15 is 0 Å². The standard InChI is InChI=1S/C15H8BrClF2O3S/c16-13-7-10(19)6-11-12(5-8-2-1-3-9(18)4-8)15(22-14(11)13)23(17,20)21/h1-4,6-7H,5H2. The van der Waals surface area contributed by atoms with Crippen molar-refractivity contribution in [2.24, 2.45) is 0 Å². The molecule has 0 radical (unpaired) electrons. The van der Waals surface area contributed by atoms with Crippen LogP contribution in [0.5, 0.6) is 0 Å². The molecular weight excluding hydrogens is 414 g/mol. The van der Waals surface area contributed by atoms with Crippen LogP contribution in [-0.4, -0.2) is 8.42 Å². The molecular formula is C15H8BrClF2O3S. The second-order valence-electron chi connectivity index (χ2n) is 4.88. The van der Waals surface area contributed by atoms with Crippen LogP contribution in [0.2, 0.25) is 0 Å². The number of halogens is 4. The lowest BCUT2D eigenvalue weighted by molar-refractivity contribution is 0.480. The van der Waals surface area contributed by atoms with E-state index in [4.69, 9.17) is 15.1 Å². The van der Waals surface area contributed by atoms with E-state index in [-0.39, 0.29) is 27.4 Å². The number of fused-ring (bicyclic) bond motifs is 1. The summed E-state index contributed by atoms with van der Waals surface area (Å²) in [5.41, 5.74) is 0.854. The van der Waals surface area contributed by atoms with Gasteiger partial charge in [0.05, 0.1) is 4.47 Å². The Morgan fingerprint density at radius 2 is 1.87 bits per heavy atom. The van der Waals surface area contributed by atoms with Crippen LogP contribution in [0.15, 0.2) is 50.4 Å². The predicted molar refractivity (Wildman–Crippen MR) is 86.1 cm³/mol. The van der Waals surface area contributed by atoms with Crippen LogP contribution < -0.4 is 0 Å². The van der Waals surface area contributed by atoms with Gasteiger partial charge in [-0.05, 0) is 45.8 Å². The summed E-state index contributed by atoms with van der Waals surface area (Å²) in [5.74, 6) is -1.03. The maximum absolute atomic E-state index is 13.7. The second kappa shape index (κ2) is 5.89. The SMILES string of the molecule is O=S(=O)(Cl)c1oc2c(Br)cc(F)cc2c1Cc1cccc(F)c1. The van der Waals surface area contributed by atoms with Gasteiger partial charge in [-0.25, -0.2) is 17.2 Å². The first kappa shape index (κ1) is 16.4. The maximum Gasteiger partial charge on any atom is 0.294 e. The van der Waals surface area contributed by atoms with Crippen LogP contribution in [0, 0.1) is 11.6 Å². The van der Waals surface area contributed by atoms with Gasteiger partial charge in [0.15, 0.2) is 5.58 Å². The van der Waals surface area contributed by atoms with Crippen molar-refractivity contribution in [1.82, 2.24) is 0 Å². The molecule has 120 valence electrons. The molecule has 2 aromatic carbocycles. The lowest BCUT2D eigenvalue weighted by Gasteiger charge is -2.02. The summed E-state index contributed by atoms with van der Waals surface area (Å²) < 4.78 is 56.1. The van der Waals surface area contributed by atoms with E-state index in [9.17, 15) is 17.2 Å². The molecule has 0 saturated heterocycles. The van der Waals surface area contributed by atoms with Crippen molar-refractivity contribution in [3.8, 4) is 0 Å². The van der Waals surface area contributed by atoms with Gasteiger partial charge in [0.25, 0.3) is 9.05 Å². The van der Waals surface area contributed by atoms with Gasteiger partial charge in [-0.15, -0.1) is 0 Å². The van der Waals surface area contributed by atoms with Crippen molar-refractivity contribution in [2.45, 2.75) is 11.5 Å². The molecule has 3 rings (SSSR count). The largest absolute Gasteiger partial charge is 0.442 e. The highest BCUT2D eigenvalue weighted by molar-refractivity contribution is 9.10. The molecule has 0 aliphatic heterocycles. The molecule has 0 saturated carbocycles. The molecule has 3 aromatic rings. The minimum Gasteiger partial charge on any atom is -0.442 e. The summed E-state index contributed by atoms with van der Waals surface area (Å²) in [6.07, 6.45) is 0.0297. The van der Waals surface area contributed by atoms with Gasteiger partial charge in [0.2, 0.25) is 5.09 Å². The average molecular weight is 422 g/mol. The van der Waals surface area contributed by atoms with E-state index in [2.05, 4.69) is 15.9 Å². The summed E-state index contributed by atoms with van der Waals surface area (Å²) in [6.45, 7) is 0. The fraction of sp³-hybridized carbons (Fsp3) is 0.0667. The van der Waals surface area contributed by atoms with Gasteiger partial charge in [0, 0.05) is 28.1 Å². The lowest BCUT2D eigenvalue weighted by Crippen LogP contribution is -1.96. The minimum absolute atomic E-state index is 0.0297. The van der Waals surface area contributed by atoms with Crippen LogP contribution in [0.1, 0.15) is 11.1 Å². The molecule has 0 amide bonds. The molecule has 0 unspecified atom stereocenters. The molecule has 0 spiro atoms. The van der Waals surface area contributed by atoms with Crippen LogP contribution in [-0.2, 0) is 15.5 Å². The van der Waals surface area contributed by atoms with Gasteiger partial charge >= 0.3 is 0 Å². The van der Waals surface area contributed by atoms with Crippen LogP contribution in [0.3, 0.4) is 0 Å². The first-order chi connectivity index (χ1) is 10.8. The number of hydrogen-bond acceptors (Lipinski definition) is 3. The molecule has 8 heteroatoms. The third-order valence-corrected chi connectivity index (χ3v) is 5.05. The Morgan fingerprint density at radius 1 is 1.13 bits per heavy atom.